The third-order valence-electron chi connectivity index (χ3n) is 3.05. The number of methoxy groups -OCH3 is 1. The van der Waals surface area contributed by atoms with Gasteiger partial charge in [-0.2, -0.15) is 0 Å². The van der Waals surface area contributed by atoms with Crippen molar-refractivity contribution in [1.29, 1.82) is 0 Å². The third-order valence-corrected chi connectivity index (χ3v) is 4.81. The number of hydrogen-bond acceptors (Lipinski definition) is 4. The Labute approximate surface area is 131 Å². The van der Waals surface area contributed by atoms with Crippen LogP contribution in [0.1, 0.15) is 24.3 Å². The highest BCUT2D eigenvalue weighted by atomic mass is 79.9. The van der Waals surface area contributed by atoms with Crippen molar-refractivity contribution in [3.05, 3.63) is 45.1 Å². The van der Waals surface area contributed by atoms with E-state index in [4.69, 9.17) is 15.2 Å². The van der Waals surface area contributed by atoms with Gasteiger partial charge in [0.2, 0.25) is 0 Å². The van der Waals surface area contributed by atoms with Gasteiger partial charge in [-0.1, -0.05) is 6.92 Å². The number of benzene rings is 1. The molecule has 0 saturated heterocycles. The van der Waals surface area contributed by atoms with E-state index in [0.717, 1.165) is 27.3 Å². The summed E-state index contributed by atoms with van der Waals surface area (Å²) in [6.45, 7) is 2.07. The number of thiophene rings is 1. The molecular weight excluding hydrogens is 338 g/mol. The fourth-order valence-corrected chi connectivity index (χ4v) is 3.40. The van der Waals surface area contributed by atoms with Crippen LogP contribution < -0.4 is 15.2 Å². The minimum atomic E-state index is -0.135. The van der Waals surface area contributed by atoms with Crippen LogP contribution in [0.15, 0.2) is 40.2 Å². The molecular formula is C15H18BrNO2S. The molecule has 0 aliphatic carbocycles. The van der Waals surface area contributed by atoms with Crippen LogP contribution in [0.4, 0.5) is 0 Å². The molecule has 2 atom stereocenters. The molecule has 2 aromatic rings. The lowest BCUT2D eigenvalue weighted by molar-refractivity contribution is 0.174. The molecule has 0 saturated carbocycles. The Morgan fingerprint density at radius 2 is 1.90 bits per heavy atom. The number of rotatable bonds is 6. The van der Waals surface area contributed by atoms with Gasteiger partial charge in [-0.3, -0.25) is 0 Å². The Hall–Kier alpha value is -1.04. The van der Waals surface area contributed by atoms with E-state index in [1.54, 1.807) is 18.4 Å². The van der Waals surface area contributed by atoms with E-state index in [1.165, 1.54) is 0 Å². The van der Waals surface area contributed by atoms with Crippen LogP contribution in [-0.2, 0) is 0 Å². The van der Waals surface area contributed by atoms with Crippen molar-refractivity contribution in [1.82, 2.24) is 0 Å². The first-order valence-corrected chi connectivity index (χ1v) is 8.11. The van der Waals surface area contributed by atoms with E-state index >= 15 is 0 Å². The Bertz CT molecular complexity index is 541. The Morgan fingerprint density at radius 3 is 2.40 bits per heavy atom. The van der Waals surface area contributed by atoms with Crippen molar-refractivity contribution in [3.8, 4) is 11.5 Å². The first kappa shape index (κ1) is 15.4. The normalized spacial score (nSPS) is 13.8. The highest BCUT2D eigenvalue weighted by molar-refractivity contribution is 9.10. The molecule has 0 spiro atoms. The van der Waals surface area contributed by atoms with E-state index < -0.39 is 0 Å². The van der Waals surface area contributed by atoms with E-state index in [2.05, 4.69) is 28.9 Å². The van der Waals surface area contributed by atoms with Crippen LogP contribution in [0.2, 0.25) is 0 Å². The molecule has 5 heteroatoms. The van der Waals surface area contributed by atoms with Crippen LogP contribution in [0.3, 0.4) is 0 Å². The predicted molar refractivity (Wildman–Crippen MR) is 86.6 cm³/mol. The second-order valence-electron chi connectivity index (χ2n) is 4.45. The highest BCUT2D eigenvalue weighted by Crippen LogP contribution is 2.32. The predicted octanol–water partition coefficient (Wildman–Crippen LogP) is 4.38. The Balaban J connectivity index is 2.18. The van der Waals surface area contributed by atoms with Crippen molar-refractivity contribution in [3.63, 3.8) is 0 Å². The fourth-order valence-electron chi connectivity index (χ4n) is 1.85. The van der Waals surface area contributed by atoms with Gasteiger partial charge in [0.1, 0.15) is 17.6 Å². The second-order valence-corrected chi connectivity index (χ2v) is 6.31. The molecule has 20 heavy (non-hydrogen) atoms. The molecule has 108 valence electrons. The third kappa shape index (κ3) is 3.75. The maximum atomic E-state index is 6.20. The van der Waals surface area contributed by atoms with Crippen LogP contribution in [0, 0.1) is 0 Å². The van der Waals surface area contributed by atoms with Gasteiger partial charge in [0.15, 0.2) is 0 Å². The molecule has 2 rings (SSSR count). The molecule has 1 aromatic heterocycles. The van der Waals surface area contributed by atoms with Crippen LogP contribution in [0.5, 0.6) is 11.5 Å². The molecule has 0 bridgehead atoms. The smallest absolute Gasteiger partial charge is 0.148 e. The average molecular weight is 356 g/mol. The lowest BCUT2D eigenvalue weighted by atomic mass is 10.1. The van der Waals surface area contributed by atoms with Crippen molar-refractivity contribution < 1.29 is 9.47 Å². The maximum Gasteiger partial charge on any atom is 0.148 e. The van der Waals surface area contributed by atoms with Gasteiger partial charge in [-0.25, -0.2) is 0 Å². The molecule has 0 radical (unpaired) electrons. The first-order valence-electron chi connectivity index (χ1n) is 6.44. The minimum Gasteiger partial charge on any atom is -0.497 e. The number of nitrogens with two attached hydrogens (primary N) is 1. The standard InChI is InChI=1S/C15H18BrNO2S/c1-3-13(17)15(14-8-10(16)9-20-14)19-12-6-4-11(18-2)5-7-12/h4-9,13,15H,3,17H2,1-2H3. The Kier molecular flexibility index (Phi) is 5.46. The number of hydrogen-bond donors (Lipinski definition) is 1. The zero-order chi connectivity index (χ0) is 14.5. The quantitative estimate of drug-likeness (QED) is 0.836. The van der Waals surface area contributed by atoms with Gasteiger partial charge in [-0.05, 0) is 52.7 Å². The summed E-state index contributed by atoms with van der Waals surface area (Å²) in [4.78, 5) is 1.13. The SMILES string of the molecule is CCC(N)C(Oc1ccc(OC)cc1)c1cc(Br)cs1. The summed E-state index contributed by atoms with van der Waals surface area (Å²) in [6.07, 6.45) is 0.723. The Morgan fingerprint density at radius 1 is 1.25 bits per heavy atom. The molecule has 3 nitrogen and oxygen atoms in total. The van der Waals surface area contributed by atoms with E-state index in [9.17, 15) is 0 Å². The molecule has 2 unspecified atom stereocenters. The van der Waals surface area contributed by atoms with E-state index in [0.29, 0.717) is 0 Å². The van der Waals surface area contributed by atoms with Crippen molar-refractivity contribution in [2.75, 3.05) is 7.11 Å². The molecule has 0 fully saturated rings. The summed E-state index contributed by atoms with van der Waals surface area (Å²) >= 11 is 5.12. The van der Waals surface area contributed by atoms with Crippen LogP contribution in [-0.4, -0.2) is 13.2 Å². The van der Waals surface area contributed by atoms with Crippen LogP contribution >= 0.6 is 27.3 Å². The summed E-state index contributed by atoms with van der Waals surface area (Å²) < 4.78 is 12.3. The van der Waals surface area contributed by atoms with Crippen molar-refractivity contribution in [2.45, 2.75) is 25.5 Å². The molecule has 0 amide bonds. The maximum absolute atomic E-state index is 6.20. The van der Waals surface area contributed by atoms with Crippen molar-refractivity contribution >= 4 is 27.3 Å². The first-order chi connectivity index (χ1) is 9.63. The summed E-state index contributed by atoms with van der Waals surface area (Å²) in [6, 6.07) is 9.59. The number of halogens is 1. The topological polar surface area (TPSA) is 44.5 Å². The summed E-state index contributed by atoms with van der Waals surface area (Å²) in [5, 5.41) is 2.04. The van der Waals surface area contributed by atoms with Gasteiger partial charge in [0.25, 0.3) is 0 Å². The van der Waals surface area contributed by atoms with E-state index in [1.807, 2.05) is 29.6 Å². The summed E-state index contributed by atoms with van der Waals surface area (Å²) in [5.41, 5.74) is 6.20. The zero-order valence-corrected chi connectivity index (χ0v) is 13.9. The lowest BCUT2D eigenvalue weighted by Gasteiger charge is -2.23. The van der Waals surface area contributed by atoms with E-state index in [-0.39, 0.29) is 12.1 Å². The zero-order valence-electron chi connectivity index (χ0n) is 11.5. The average Bonchev–Trinajstić information content (AvgIpc) is 2.91. The summed E-state index contributed by atoms with van der Waals surface area (Å²) in [7, 11) is 1.65. The molecule has 2 N–H and O–H groups in total. The molecule has 1 heterocycles. The largest absolute Gasteiger partial charge is 0.497 e. The van der Waals surface area contributed by atoms with Crippen molar-refractivity contribution in [2.24, 2.45) is 5.73 Å². The van der Waals surface area contributed by atoms with Gasteiger partial charge in [-0.15, -0.1) is 11.3 Å². The molecule has 1 aromatic carbocycles. The molecule has 0 aliphatic rings. The highest BCUT2D eigenvalue weighted by Gasteiger charge is 2.22. The second kappa shape index (κ2) is 7.11. The fraction of sp³-hybridized carbons (Fsp3) is 0.333. The van der Waals surface area contributed by atoms with Gasteiger partial charge in [0.05, 0.1) is 7.11 Å². The van der Waals surface area contributed by atoms with Gasteiger partial charge < -0.3 is 15.2 Å². The monoisotopic (exact) mass is 355 g/mol. The molecule has 0 aliphatic heterocycles. The van der Waals surface area contributed by atoms with Crippen LogP contribution in [0.25, 0.3) is 0 Å². The van der Waals surface area contributed by atoms with Gasteiger partial charge in [0, 0.05) is 20.8 Å². The number of ether oxygens (including phenoxy) is 2. The lowest BCUT2D eigenvalue weighted by Crippen LogP contribution is -2.30. The van der Waals surface area contributed by atoms with Gasteiger partial charge >= 0.3 is 0 Å². The summed E-state index contributed by atoms with van der Waals surface area (Å²) in [5.74, 6) is 1.61. The minimum absolute atomic E-state index is 0.0392.